The van der Waals surface area contributed by atoms with Crippen LogP contribution in [0.15, 0.2) is 11.4 Å². The highest BCUT2D eigenvalue weighted by atomic mass is 32.1. The van der Waals surface area contributed by atoms with Crippen molar-refractivity contribution in [1.82, 2.24) is 4.90 Å². The van der Waals surface area contributed by atoms with E-state index in [1.807, 2.05) is 0 Å². The van der Waals surface area contributed by atoms with Crippen LogP contribution in [0.1, 0.15) is 9.67 Å². The molecule has 7 heteroatoms. The van der Waals surface area contributed by atoms with Crippen LogP contribution in [0.5, 0.6) is 0 Å². The smallest absolute Gasteiger partial charge is 0.336 e. The van der Waals surface area contributed by atoms with E-state index in [4.69, 9.17) is 10.5 Å². The summed E-state index contributed by atoms with van der Waals surface area (Å²) in [6, 6.07) is 1.69. The number of carbonyl (C=O) groups excluding carboxylic acids is 2. The van der Waals surface area contributed by atoms with Crippen molar-refractivity contribution in [2.45, 2.75) is 6.10 Å². The van der Waals surface area contributed by atoms with Crippen LogP contribution < -0.4 is 5.73 Å². The highest BCUT2D eigenvalue weighted by molar-refractivity contribution is 7.12. The molecule has 0 aliphatic carbocycles. The van der Waals surface area contributed by atoms with Gasteiger partial charge in [-0.3, -0.25) is 4.79 Å². The summed E-state index contributed by atoms with van der Waals surface area (Å²) in [5, 5.41) is 1.76. The number of morpholine rings is 1. The van der Waals surface area contributed by atoms with Crippen LogP contribution in [0.3, 0.4) is 0 Å². The minimum atomic E-state index is -0.714. The maximum absolute atomic E-state index is 12.2. The van der Waals surface area contributed by atoms with Gasteiger partial charge in [0.15, 0.2) is 6.10 Å². The number of nitrogens with two attached hydrogens (primary N) is 1. The molecular formula is C11H14N2O4S. The normalized spacial score (nSPS) is 19.6. The van der Waals surface area contributed by atoms with Gasteiger partial charge in [-0.2, -0.15) is 0 Å². The van der Waals surface area contributed by atoms with Crippen LogP contribution in [0.4, 0.5) is 5.69 Å². The minimum Gasteiger partial charge on any atom is -0.467 e. The number of rotatable bonds is 2. The Morgan fingerprint density at radius 1 is 1.61 bits per heavy atom. The van der Waals surface area contributed by atoms with Gasteiger partial charge in [0.25, 0.3) is 5.91 Å². The van der Waals surface area contributed by atoms with Gasteiger partial charge in [0.1, 0.15) is 4.88 Å². The van der Waals surface area contributed by atoms with E-state index in [1.165, 1.54) is 18.4 Å². The third-order valence-corrected chi connectivity index (χ3v) is 3.63. The second kappa shape index (κ2) is 5.36. The maximum atomic E-state index is 12.2. The van der Waals surface area contributed by atoms with Crippen molar-refractivity contribution in [2.24, 2.45) is 0 Å². The largest absolute Gasteiger partial charge is 0.467 e. The number of thiophene rings is 1. The monoisotopic (exact) mass is 270 g/mol. The molecule has 1 unspecified atom stereocenters. The van der Waals surface area contributed by atoms with E-state index in [0.717, 1.165) is 0 Å². The fourth-order valence-electron chi connectivity index (χ4n) is 1.74. The van der Waals surface area contributed by atoms with Crippen molar-refractivity contribution in [3.8, 4) is 0 Å². The molecule has 6 nitrogen and oxygen atoms in total. The van der Waals surface area contributed by atoms with Crippen molar-refractivity contribution in [1.29, 1.82) is 0 Å². The van der Waals surface area contributed by atoms with E-state index in [1.54, 1.807) is 16.3 Å². The van der Waals surface area contributed by atoms with E-state index < -0.39 is 12.1 Å². The number of methoxy groups -OCH3 is 1. The van der Waals surface area contributed by atoms with Crippen LogP contribution >= 0.6 is 11.3 Å². The second-order valence-electron chi connectivity index (χ2n) is 3.84. The first-order chi connectivity index (χ1) is 8.63. The predicted octanol–water partition coefficient (Wildman–Crippen LogP) is 0.344. The Labute approximate surface area is 108 Å². The van der Waals surface area contributed by atoms with Crippen molar-refractivity contribution in [2.75, 3.05) is 32.5 Å². The molecule has 0 aromatic carbocycles. The lowest BCUT2D eigenvalue weighted by molar-refractivity contribution is -0.158. The molecule has 1 atom stereocenters. The van der Waals surface area contributed by atoms with Gasteiger partial charge >= 0.3 is 5.97 Å². The van der Waals surface area contributed by atoms with Gasteiger partial charge in [0.05, 0.1) is 25.9 Å². The Balaban J connectivity index is 2.07. The van der Waals surface area contributed by atoms with Crippen molar-refractivity contribution in [3.63, 3.8) is 0 Å². The van der Waals surface area contributed by atoms with E-state index in [0.29, 0.717) is 23.7 Å². The molecule has 1 aromatic rings. The van der Waals surface area contributed by atoms with E-state index in [9.17, 15) is 9.59 Å². The van der Waals surface area contributed by atoms with Crippen LogP contribution in [0, 0.1) is 0 Å². The third kappa shape index (κ3) is 2.46. The molecule has 0 spiro atoms. The van der Waals surface area contributed by atoms with E-state index in [-0.39, 0.29) is 12.5 Å². The average molecular weight is 270 g/mol. The molecule has 18 heavy (non-hydrogen) atoms. The van der Waals surface area contributed by atoms with E-state index >= 15 is 0 Å². The molecule has 2 rings (SSSR count). The van der Waals surface area contributed by atoms with Crippen LogP contribution in [0.2, 0.25) is 0 Å². The number of carbonyl (C=O) groups is 2. The van der Waals surface area contributed by atoms with Crippen molar-refractivity contribution >= 4 is 28.9 Å². The lowest BCUT2D eigenvalue weighted by Crippen LogP contribution is -2.48. The summed E-state index contributed by atoms with van der Waals surface area (Å²) in [7, 11) is 1.30. The van der Waals surface area contributed by atoms with Gasteiger partial charge in [-0.1, -0.05) is 0 Å². The number of hydrogen-bond acceptors (Lipinski definition) is 6. The number of hydrogen-bond donors (Lipinski definition) is 1. The first-order valence-corrected chi connectivity index (χ1v) is 6.33. The third-order valence-electron chi connectivity index (χ3n) is 2.71. The molecule has 1 aliphatic rings. The fourth-order valence-corrected chi connectivity index (χ4v) is 2.53. The number of ether oxygens (including phenoxy) is 2. The van der Waals surface area contributed by atoms with E-state index in [2.05, 4.69) is 4.74 Å². The van der Waals surface area contributed by atoms with Gasteiger partial charge < -0.3 is 20.1 Å². The highest BCUT2D eigenvalue weighted by Gasteiger charge is 2.31. The molecule has 1 saturated heterocycles. The number of nitrogen functional groups attached to an aromatic ring is 1. The second-order valence-corrected chi connectivity index (χ2v) is 4.75. The molecular weight excluding hydrogens is 256 g/mol. The van der Waals surface area contributed by atoms with Crippen molar-refractivity contribution < 1.29 is 19.1 Å². The summed E-state index contributed by atoms with van der Waals surface area (Å²) in [5.41, 5.74) is 6.17. The van der Waals surface area contributed by atoms with Gasteiger partial charge in [0.2, 0.25) is 0 Å². The Bertz CT molecular complexity index is 460. The standard InChI is InChI=1S/C11H14N2O4S/c1-16-11(15)8-6-13(3-4-17-8)10(14)9-7(12)2-5-18-9/h2,5,8H,3-4,6,12H2,1H3. The zero-order chi connectivity index (χ0) is 13.1. The minimum absolute atomic E-state index is 0.167. The van der Waals surface area contributed by atoms with Crippen LogP contribution in [-0.2, 0) is 14.3 Å². The molecule has 1 aromatic heterocycles. The fraction of sp³-hybridized carbons (Fsp3) is 0.455. The Hall–Kier alpha value is -1.60. The summed E-state index contributed by atoms with van der Waals surface area (Å²) in [6.45, 7) is 0.962. The van der Waals surface area contributed by atoms with Crippen molar-refractivity contribution in [3.05, 3.63) is 16.3 Å². The molecule has 1 fully saturated rings. The summed E-state index contributed by atoms with van der Waals surface area (Å²) in [5.74, 6) is -0.633. The predicted molar refractivity (Wildman–Crippen MR) is 66.4 cm³/mol. The molecule has 1 amide bonds. The average Bonchev–Trinajstić information content (AvgIpc) is 2.83. The molecule has 0 radical (unpaired) electrons. The Kier molecular flexibility index (Phi) is 3.83. The maximum Gasteiger partial charge on any atom is 0.336 e. The van der Waals surface area contributed by atoms with Gasteiger partial charge in [0, 0.05) is 6.54 Å². The Morgan fingerprint density at radius 3 is 3.00 bits per heavy atom. The highest BCUT2D eigenvalue weighted by Crippen LogP contribution is 2.22. The molecule has 0 saturated carbocycles. The lowest BCUT2D eigenvalue weighted by Gasteiger charge is -2.31. The summed E-state index contributed by atoms with van der Waals surface area (Å²) in [4.78, 5) is 25.6. The van der Waals surface area contributed by atoms with Gasteiger partial charge in [-0.15, -0.1) is 11.3 Å². The zero-order valence-corrected chi connectivity index (χ0v) is 10.7. The van der Waals surface area contributed by atoms with Crippen LogP contribution in [-0.4, -0.2) is 49.7 Å². The number of amides is 1. The quantitative estimate of drug-likeness (QED) is 0.784. The first kappa shape index (κ1) is 12.8. The number of nitrogens with zero attached hydrogens (tertiary/aromatic N) is 1. The Morgan fingerprint density at radius 2 is 2.39 bits per heavy atom. The number of anilines is 1. The zero-order valence-electron chi connectivity index (χ0n) is 9.92. The molecule has 98 valence electrons. The van der Waals surface area contributed by atoms with Gasteiger partial charge in [-0.25, -0.2) is 4.79 Å². The topological polar surface area (TPSA) is 81.9 Å². The number of esters is 1. The van der Waals surface area contributed by atoms with Crippen LogP contribution in [0.25, 0.3) is 0 Å². The summed E-state index contributed by atoms with van der Waals surface area (Å²) >= 11 is 1.29. The SMILES string of the molecule is COC(=O)C1CN(C(=O)c2sccc2N)CCO1. The summed E-state index contributed by atoms with van der Waals surface area (Å²) in [6.07, 6.45) is -0.714. The molecule has 2 heterocycles. The first-order valence-electron chi connectivity index (χ1n) is 5.45. The lowest BCUT2D eigenvalue weighted by atomic mass is 10.2. The molecule has 2 N–H and O–H groups in total. The molecule has 1 aliphatic heterocycles. The molecule has 0 bridgehead atoms. The van der Waals surface area contributed by atoms with Gasteiger partial charge in [-0.05, 0) is 11.4 Å². The summed E-state index contributed by atoms with van der Waals surface area (Å²) < 4.78 is 9.87.